The number of aryl methyl sites for hydroxylation is 1. The maximum absolute atomic E-state index is 10.8. The quantitative estimate of drug-likeness (QED) is 0.791. The summed E-state index contributed by atoms with van der Waals surface area (Å²) in [6, 6.07) is 6.87. The molecule has 2 aliphatic rings. The van der Waals surface area contributed by atoms with Crippen LogP contribution in [0, 0.1) is 6.92 Å². The Bertz CT molecular complexity index is 472. The Kier molecular flexibility index (Phi) is 4.06. The van der Waals surface area contributed by atoms with Crippen LogP contribution in [0.5, 0.6) is 0 Å². The van der Waals surface area contributed by atoms with E-state index in [9.17, 15) is 4.79 Å². The van der Waals surface area contributed by atoms with Crippen molar-refractivity contribution in [2.75, 3.05) is 31.1 Å². The van der Waals surface area contributed by atoms with Crippen molar-refractivity contribution in [3.05, 3.63) is 29.3 Å². The van der Waals surface area contributed by atoms with E-state index >= 15 is 0 Å². The standard InChI is InChI=1S/C17H24N2O/c1-14-12-15(13-20)6-7-17(14)19-10-8-18(9-11-19)16-4-2-3-5-16/h6-7,12-13,16H,2-5,8-11H2,1H3. The fourth-order valence-electron chi connectivity index (χ4n) is 3.70. The smallest absolute Gasteiger partial charge is 0.150 e. The SMILES string of the molecule is Cc1cc(C=O)ccc1N1CCN(C2CCCC2)CC1. The summed E-state index contributed by atoms with van der Waals surface area (Å²) in [4.78, 5) is 16.0. The second-order valence-electron chi connectivity index (χ2n) is 6.13. The molecule has 0 N–H and O–H groups in total. The van der Waals surface area contributed by atoms with E-state index in [1.165, 1.54) is 50.0 Å². The van der Waals surface area contributed by atoms with Crippen LogP contribution in [0.25, 0.3) is 0 Å². The molecule has 1 aromatic rings. The first-order chi connectivity index (χ1) is 9.78. The zero-order chi connectivity index (χ0) is 13.9. The Morgan fingerprint density at radius 2 is 1.80 bits per heavy atom. The maximum atomic E-state index is 10.8. The molecule has 20 heavy (non-hydrogen) atoms. The lowest BCUT2D eigenvalue weighted by molar-refractivity contribution is 0.112. The van der Waals surface area contributed by atoms with E-state index in [1.54, 1.807) is 0 Å². The van der Waals surface area contributed by atoms with Gasteiger partial charge in [-0.05, 0) is 43.5 Å². The molecular formula is C17H24N2O. The largest absolute Gasteiger partial charge is 0.369 e. The Labute approximate surface area is 121 Å². The molecule has 3 nitrogen and oxygen atoms in total. The molecule has 0 aromatic heterocycles. The van der Waals surface area contributed by atoms with E-state index in [0.29, 0.717) is 0 Å². The second-order valence-corrected chi connectivity index (χ2v) is 6.13. The molecule has 0 amide bonds. The molecule has 0 radical (unpaired) electrons. The lowest BCUT2D eigenvalue weighted by atomic mass is 10.1. The van der Waals surface area contributed by atoms with Gasteiger partial charge in [0.05, 0.1) is 0 Å². The Balaban J connectivity index is 1.64. The number of aldehydes is 1. The lowest BCUT2D eigenvalue weighted by Gasteiger charge is -2.39. The van der Waals surface area contributed by atoms with Crippen LogP contribution in [0.1, 0.15) is 41.6 Å². The minimum absolute atomic E-state index is 0.774. The van der Waals surface area contributed by atoms with Gasteiger partial charge in [0.2, 0.25) is 0 Å². The van der Waals surface area contributed by atoms with Crippen molar-refractivity contribution >= 4 is 12.0 Å². The summed E-state index contributed by atoms with van der Waals surface area (Å²) < 4.78 is 0. The highest BCUT2D eigenvalue weighted by Crippen LogP contribution is 2.27. The van der Waals surface area contributed by atoms with Gasteiger partial charge in [-0.25, -0.2) is 0 Å². The molecule has 0 atom stereocenters. The van der Waals surface area contributed by atoms with Crippen molar-refractivity contribution < 1.29 is 4.79 Å². The Hall–Kier alpha value is -1.35. The lowest BCUT2D eigenvalue weighted by Crippen LogP contribution is -2.49. The summed E-state index contributed by atoms with van der Waals surface area (Å²) in [6.07, 6.45) is 6.54. The minimum atomic E-state index is 0.774. The predicted molar refractivity (Wildman–Crippen MR) is 82.6 cm³/mol. The van der Waals surface area contributed by atoms with Crippen LogP contribution < -0.4 is 4.90 Å². The average molecular weight is 272 g/mol. The fourth-order valence-corrected chi connectivity index (χ4v) is 3.70. The first-order valence-electron chi connectivity index (χ1n) is 7.83. The van der Waals surface area contributed by atoms with Crippen molar-refractivity contribution in [2.24, 2.45) is 0 Å². The number of carbonyl (C=O) groups is 1. The molecule has 0 spiro atoms. The first kappa shape index (κ1) is 13.6. The molecule has 1 aliphatic carbocycles. The van der Waals surface area contributed by atoms with Crippen LogP contribution in [0.2, 0.25) is 0 Å². The van der Waals surface area contributed by atoms with Crippen molar-refractivity contribution in [1.29, 1.82) is 0 Å². The summed E-state index contributed by atoms with van der Waals surface area (Å²) >= 11 is 0. The maximum Gasteiger partial charge on any atom is 0.150 e. The van der Waals surface area contributed by atoms with Crippen molar-refractivity contribution in [2.45, 2.75) is 38.6 Å². The van der Waals surface area contributed by atoms with Crippen LogP contribution in [0.4, 0.5) is 5.69 Å². The van der Waals surface area contributed by atoms with E-state index in [-0.39, 0.29) is 0 Å². The molecule has 3 rings (SSSR count). The van der Waals surface area contributed by atoms with Gasteiger partial charge in [-0.1, -0.05) is 12.8 Å². The Morgan fingerprint density at radius 3 is 2.40 bits per heavy atom. The number of nitrogens with zero attached hydrogens (tertiary/aromatic N) is 2. The van der Waals surface area contributed by atoms with Crippen molar-refractivity contribution in [1.82, 2.24) is 4.90 Å². The number of hydrogen-bond donors (Lipinski definition) is 0. The normalized spacial score (nSPS) is 21.4. The number of carbonyl (C=O) groups excluding carboxylic acids is 1. The van der Waals surface area contributed by atoms with E-state index in [1.807, 2.05) is 12.1 Å². The van der Waals surface area contributed by atoms with Gasteiger partial charge in [-0.15, -0.1) is 0 Å². The average Bonchev–Trinajstić information content (AvgIpc) is 3.01. The van der Waals surface area contributed by atoms with Gasteiger partial charge in [-0.3, -0.25) is 9.69 Å². The van der Waals surface area contributed by atoms with Crippen molar-refractivity contribution in [3.8, 4) is 0 Å². The monoisotopic (exact) mass is 272 g/mol. The molecular weight excluding hydrogens is 248 g/mol. The predicted octanol–water partition coefficient (Wildman–Crippen LogP) is 2.87. The van der Waals surface area contributed by atoms with E-state index in [2.05, 4.69) is 22.8 Å². The molecule has 1 saturated heterocycles. The van der Waals surface area contributed by atoms with E-state index in [0.717, 1.165) is 31.0 Å². The zero-order valence-corrected chi connectivity index (χ0v) is 12.3. The molecule has 108 valence electrons. The second kappa shape index (κ2) is 5.96. The molecule has 1 saturated carbocycles. The summed E-state index contributed by atoms with van der Waals surface area (Å²) in [5.74, 6) is 0. The highest BCUT2D eigenvalue weighted by atomic mass is 16.1. The number of anilines is 1. The van der Waals surface area contributed by atoms with Gasteiger partial charge in [0.25, 0.3) is 0 Å². The topological polar surface area (TPSA) is 23.6 Å². The fraction of sp³-hybridized carbons (Fsp3) is 0.588. The van der Waals surface area contributed by atoms with Crippen LogP contribution in [0.15, 0.2) is 18.2 Å². The highest BCUT2D eigenvalue weighted by Gasteiger charge is 2.26. The van der Waals surface area contributed by atoms with Gasteiger partial charge in [0.1, 0.15) is 6.29 Å². The number of piperazine rings is 1. The van der Waals surface area contributed by atoms with Crippen LogP contribution >= 0.6 is 0 Å². The van der Waals surface area contributed by atoms with Crippen LogP contribution in [0.3, 0.4) is 0 Å². The third-order valence-electron chi connectivity index (χ3n) is 4.85. The summed E-state index contributed by atoms with van der Waals surface area (Å²) in [5.41, 5.74) is 3.28. The highest BCUT2D eigenvalue weighted by molar-refractivity contribution is 5.77. The van der Waals surface area contributed by atoms with Crippen LogP contribution in [-0.4, -0.2) is 43.4 Å². The van der Waals surface area contributed by atoms with Gasteiger partial charge in [0, 0.05) is 43.5 Å². The molecule has 1 heterocycles. The number of hydrogen-bond acceptors (Lipinski definition) is 3. The van der Waals surface area contributed by atoms with Crippen molar-refractivity contribution in [3.63, 3.8) is 0 Å². The molecule has 1 aliphatic heterocycles. The summed E-state index contributed by atoms with van der Waals surface area (Å²) in [6.45, 7) is 6.68. The molecule has 1 aromatic carbocycles. The van der Waals surface area contributed by atoms with E-state index < -0.39 is 0 Å². The number of rotatable bonds is 3. The molecule has 2 fully saturated rings. The third-order valence-corrected chi connectivity index (χ3v) is 4.85. The summed E-state index contributed by atoms with van der Waals surface area (Å²) in [5, 5.41) is 0. The Morgan fingerprint density at radius 1 is 1.10 bits per heavy atom. The first-order valence-corrected chi connectivity index (χ1v) is 7.83. The molecule has 0 bridgehead atoms. The van der Waals surface area contributed by atoms with Gasteiger partial charge in [0.15, 0.2) is 0 Å². The molecule has 0 unspecified atom stereocenters. The van der Waals surface area contributed by atoms with Crippen LogP contribution in [-0.2, 0) is 0 Å². The van der Waals surface area contributed by atoms with Gasteiger partial charge < -0.3 is 4.90 Å². The number of benzene rings is 1. The van der Waals surface area contributed by atoms with Gasteiger partial charge >= 0.3 is 0 Å². The summed E-state index contributed by atoms with van der Waals surface area (Å²) in [7, 11) is 0. The minimum Gasteiger partial charge on any atom is -0.369 e. The van der Waals surface area contributed by atoms with Gasteiger partial charge in [-0.2, -0.15) is 0 Å². The zero-order valence-electron chi connectivity index (χ0n) is 12.3. The third kappa shape index (κ3) is 2.73. The van der Waals surface area contributed by atoms with E-state index in [4.69, 9.17) is 0 Å². The molecule has 3 heteroatoms.